The molecular weight excluding hydrogens is 382 g/mol. The van der Waals surface area contributed by atoms with Crippen LogP contribution in [0.5, 0.6) is 11.5 Å². The number of hydrogen-bond acceptors (Lipinski definition) is 5. The lowest BCUT2D eigenvalue weighted by Gasteiger charge is -2.33. The molecule has 0 aromatic heterocycles. The lowest BCUT2D eigenvalue weighted by Crippen LogP contribution is -3.16. The molecule has 0 unspecified atom stereocenters. The Morgan fingerprint density at radius 1 is 1.03 bits per heavy atom. The summed E-state index contributed by atoms with van der Waals surface area (Å²) in [7, 11) is 1.60. The first-order valence-electron chi connectivity index (χ1n) is 10.3. The van der Waals surface area contributed by atoms with Gasteiger partial charge in [-0.25, -0.2) is 0 Å². The van der Waals surface area contributed by atoms with E-state index in [1.54, 1.807) is 14.0 Å². The molecule has 2 aromatic rings. The number of rotatable bonds is 9. The minimum Gasteiger partial charge on any atom is -0.493 e. The molecule has 7 heteroatoms. The first-order valence-corrected chi connectivity index (χ1v) is 10.3. The van der Waals surface area contributed by atoms with Crippen LogP contribution in [0.15, 0.2) is 48.5 Å². The van der Waals surface area contributed by atoms with Gasteiger partial charge in [-0.05, 0) is 43.3 Å². The number of nitrogens with one attached hydrogen (secondary N) is 2. The number of carbonyl (C=O) groups is 2. The molecule has 0 saturated carbocycles. The number of Topliss-reactive ketones (excluding diaryl/α,β-unsaturated/α-hetero) is 1. The number of piperazine rings is 1. The summed E-state index contributed by atoms with van der Waals surface area (Å²) in [5.41, 5.74) is 1.85. The van der Waals surface area contributed by atoms with E-state index in [4.69, 9.17) is 9.47 Å². The molecule has 1 aliphatic rings. The van der Waals surface area contributed by atoms with Crippen LogP contribution < -0.4 is 24.6 Å². The van der Waals surface area contributed by atoms with Gasteiger partial charge in [-0.1, -0.05) is 12.1 Å². The average Bonchev–Trinajstić information content (AvgIpc) is 2.77. The number of methoxy groups -OCH3 is 1. The van der Waals surface area contributed by atoms with Crippen LogP contribution in [0, 0.1) is 0 Å². The van der Waals surface area contributed by atoms with Crippen molar-refractivity contribution in [3.05, 3.63) is 54.1 Å². The summed E-state index contributed by atoms with van der Waals surface area (Å²) in [6, 6.07) is 15.2. The number of ether oxygens (including phenoxy) is 2. The highest BCUT2D eigenvalue weighted by Crippen LogP contribution is 2.25. The molecule has 0 aliphatic carbocycles. The maximum atomic E-state index is 12.2. The number of amides is 1. The molecular formula is C23H30N3O4+. The molecule has 0 radical (unpaired) electrons. The molecule has 1 saturated heterocycles. The van der Waals surface area contributed by atoms with Crippen molar-refractivity contribution in [2.75, 3.05) is 57.9 Å². The van der Waals surface area contributed by atoms with Gasteiger partial charge >= 0.3 is 0 Å². The zero-order chi connectivity index (χ0) is 21.3. The molecule has 0 spiro atoms. The van der Waals surface area contributed by atoms with E-state index >= 15 is 0 Å². The highest BCUT2D eigenvalue weighted by Gasteiger charge is 2.22. The van der Waals surface area contributed by atoms with Crippen LogP contribution in [0.2, 0.25) is 0 Å². The molecule has 2 aromatic carbocycles. The molecule has 2 N–H and O–H groups in total. The van der Waals surface area contributed by atoms with Crippen LogP contribution in [0.4, 0.5) is 5.69 Å². The Labute approximate surface area is 177 Å². The number of carbonyl (C=O) groups excluding carboxylic acids is 2. The maximum Gasteiger partial charge on any atom is 0.275 e. The van der Waals surface area contributed by atoms with Crippen molar-refractivity contribution in [3.63, 3.8) is 0 Å². The van der Waals surface area contributed by atoms with Gasteiger partial charge in [-0.15, -0.1) is 0 Å². The molecule has 1 aliphatic heterocycles. The summed E-state index contributed by atoms with van der Waals surface area (Å²) < 4.78 is 10.9. The minimum absolute atomic E-state index is 0.0351. The van der Waals surface area contributed by atoms with Gasteiger partial charge in [0.05, 0.1) is 39.8 Å². The van der Waals surface area contributed by atoms with Crippen LogP contribution >= 0.6 is 0 Å². The first-order chi connectivity index (χ1) is 14.6. The topological polar surface area (TPSA) is 72.3 Å². The molecule has 0 bridgehead atoms. The predicted molar refractivity (Wildman–Crippen MR) is 116 cm³/mol. The van der Waals surface area contributed by atoms with E-state index in [-0.39, 0.29) is 11.7 Å². The van der Waals surface area contributed by atoms with Crippen molar-refractivity contribution in [3.8, 4) is 11.5 Å². The Kier molecular flexibility index (Phi) is 7.68. The molecule has 160 valence electrons. The Hall–Kier alpha value is -3.06. The van der Waals surface area contributed by atoms with E-state index < -0.39 is 0 Å². The number of nitrogens with zero attached hydrogens (tertiary/aromatic N) is 1. The van der Waals surface area contributed by atoms with Crippen LogP contribution in [0.25, 0.3) is 0 Å². The lowest BCUT2D eigenvalue weighted by atomic mass is 10.1. The Balaban J connectivity index is 1.35. The molecule has 1 heterocycles. The van der Waals surface area contributed by atoms with E-state index in [1.165, 1.54) is 4.90 Å². The van der Waals surface area contributed by atoms with Gasteiger partial charge in [0.25, 0.3) is 5.91 Å². The van der Waals surface area contributed by atoms with Gasteiger partial charge < -0.3 is 24.6 Å². The fourth-order valence-electron chi connectivity index (χ4n) is 3.54. The zero-order valence-corrected chi connectivity index (χ0v) is 17.6. The minimum atomic E-state index is 0.0351. The number of anilines is 1. The Bertz CT molecular complexity index is 846. The molecule has 7 nitrogen and oxygen atoms in total. The average molecular weight is 413 g/mol. The summed E-state index contributed by atoms with van der Waals surface area (Å²) in [5, 5.41) is 2.93. The summed E-state index contributed by atoms with van der Waals surface area (Å²) in [6.45, 7) is 6.47. The predicted octanol–water partition coefficient (Wildman–Crippen LogP) is 0.798. The van der Waals surface area contributed by atoms with Gasteiger partial charge in [0, 0.05) is 11.3 Å². The molecule has 1 amide bonds. The van der Waals surface area contributed by atoms with Gasteiger partial charge in [0.15, 0.2) is 23.8 Å². The van der Waals surface area contributed by atoms with E-state index in [9.17, 15) is 9.59 Å². The van der Waals surface area contributed by atoms with E-state index in [2.05, 4.69) is 10.2 Å². The van der Waals surface area contributed by atoms with Crippen molar-refractivity contribution >= 4 is 17.4 Å². The van der Waals surface area contributed by atoms with Gasteiger partial charge in [-0.3, -0.25) is 9.59 Å². The zero-order valence-electron chi connectivity index (χ0n) is 17.6. The smallest absolute Gasteiger partial charge is 0.275 e. The number of ketones is 1. The number of benzene rings is 2. The lowest BCUT2D eigenvalue weighted by molar-refractivity contribution is -0.892. The third-order valence-electron chi connectivity index (χ3n) is 5.27. The highest BCUT2D eigenvalue weighted by molar-refractivity contribution is 5.94. The summed E-state index contributed by atoms with van der Waals surface area (Å²) in [5.74, 6) is 1.47. The third-order valence-corrected chi connectivity index (χ3v) is 5.27. The summed E-state index contributed by atoms with van der Waals surface area (Å²) >= 11 is 0. The maximum absolute atomic E-state index is 12.2. The van der Waals surface area contributed by atoms with Gasteiger partial charge in [-0.2, -0.15) is 0 Å². The van der Waals surface area contributed by atoms with Crippen LogP contribution in [0.3, 0.4) is 0 Å². The van der Waals surface area contributed by atoms with Crippen molar-refractivity contribution in [2.24, 2.45) is 0 Å². The van der Waals surface area contributed by atoms with E-state index in [0.29, 0.717) is 31.2 Å². The Morgan fingerprint density at radius 3 is 2.33 bits per heavy atom. The van der Waals surface area contributed by atoms with Crippen molar-refractivity contribution < 1.29 is 24.0 Å². The quantitative estimate of drug-likeness (QED) is 0.471. The summed E-state index contributed by atoms with van der Waals surface area (Å²) in [6.07, 6.45) is 0. The monoisotopic (exact) mass is 412 g/mol. The van der Waals surface area contributed by atoms with Crippen LogP contribution in [0.1, 0.15) is 17.3 Å². The Morgan fingerprint density at radius 2 is 1.70 bits per heavy atom. The standard InChI is InChI=1S/C23H29N3O4/c1-18(27)19-7-9-20(10-8-19)26-14-12-25(13-15-26)17-23(28)24-11-16-30-22-6-4-3-5-21(22)29-2/h3-10H,11-17H2,1-2H3,(H,24,28)/p+1. The summed E-state index contributed by atoms with van der Waals surface area (Å²) in [4.78, 5) is 27.2. The van der Waals surface area contributed by atoms with Crippen LogP contribution in [-0.2, 0) is 4.79 Å². The van der Waals surface area contributed by atoms with Crippen molar-refractivity contribution in [2.45, 2.75) is 6.92 Å². The normalized spacial score (nSPS) is 14.3. The molecule has 1 fully saturated rings. The van der Waals surface area contributed by atoms with E-state index in [0.717, 1.165) is 37.4 Å². The van der Waals surface area contributed by atoms with Gasteiger partial charge in [0.2, 0.25) is 0 Å². The second-order valence-corrected chi connectivity index (χ2v) is 7.37. The SMILES string of the molecule is COc1ccccc1OCCNC(=O)C[NH+]1CCN(c2ccc(C(C)=O)cc2)CC1. The van der Waals surface area contributed by atoms with E-state index in [1.807, 2.05) is 48.5 Å². The second-order valence-electron chi connectivity index (χ2n) is 7.37. The molecule has 3 rings (SSSR count). The largest absolute Gasteiger partial charge is 0.493 e. The fourth-order valence-corrected chi connectivity index (χ4v) is 3.54. The molecule has 0 atom stereocenters. The number of quaternary nitrogens is 1. The first kappa shape index (κ1) is 21.6. The van der Waals surface area contributed by atoms with Gasteiger partial charge in [0.1, 0.15) is 6.61 Å². The fraction of sp³-hybridized carbons (Fsp3) is 0.391. The second kappa shape index (κ2) is 10.6. The number of hydrogen-bond donors (Lipinski definition) is 2. The van der Waals surface area contributed by atoms with Crippen molar-refractivity contribution in [1.29, 1.82) is 0 Å². The molecule has 30 heavy (non-hydrogen) atoms. The van der Waals surface area contributed by atoms with Crippen molar-refractivity contribution in [1.82, 2.24) is 5.32 Å². The van der Waals surface area contributed by atoms with Crippen LogP contribution in [-0.4, -0.2) is 64.7 Å². The third kappa shape index (κ3) is 5.97. The number of para-hydroxylation sites is 2. The highest BCUT2D eigenvalue weighted by atomic mass is 16.5.